The van der Waals surface area contributed by atoms with Gasteiger partial charge in [0.05, 0.1) is 26.4 Å². The van der Waals surface area contributed by atoms with Gasteiger partial charge in [0.15, 0.2) is 0 Å². The number of halogens is 5. The summed E-state index contributed by atoms with van der Waals surface area (Å²) in [4.78, 5) is 75.2. The molecule has 0 unspecified atom stereocenters. The molecule has 5 aliphatic rings. The number of morpholine rings is 2. The molecule has 1 N–H and O–H groups in total. The summed E-state index contributed by atoms with van der Waals surface area (Å²) in [7, 11) is 6.72. The van der Waals surface area contributed by atoms with Crippen molar-refractivity contribution in [1.29, 1.82) is 0 Å². The second-order valence-electron chi connectivity index (χ2n) is 28.9. The third-order valence-electron chi connectivity index (χ3n) is 21.1. The number of benzene rings is 3. The molecular formula is C85H111Cl5N10O11. The normalized spacial score (nSPS) is 18.8. The number of hydrogen-bond acceptors (Lipinski definition) is 16. The Balaban J connectivity index is 0.000000168. The number of anilines is 5. The number of nitrogens with one attached hydrogen (secondary N) is 1. The highest BCUT2D eigenvalue weighted by molar-refractivity contribution is 6.34. The lowest BCUT2D eigenvalue weighted by molar-refractivity contribution is 0.122. The molecule has 26 heteroatoms. The highest BCUT2D eigenvalue weighted by atomic mass is 35.5. The summed E-state index contributed by atoms with van der Waals surface area (Å²) in [6, 6.07) is 50.2. The lowest BCUT2D eigenvalue weighted by Gasteiger charge is -2.34. The van der Waals surface area contributed by atoms with Gasteiger partial charge in [0.2, 0.25) is 0 Å². The second-order valence-corrected chi connectivity index (χ2v) is 31.0. The monoisotopic (exact) mass is 1620 g/mol. The van der Waals surface area contributed by atoms with Crippen LogP contribution in [-0.2, 0) is 73.9 Å². The average Bonchev–Trinajstić information content (AvgIpc) is 1.70. The van der Waals surface area contributed by atoms with Crippen LogP contribution in [-0.4, -0.2) is 168 Å². The molecule has 6 atom stereocenters. The molecule has 3 aromatic carbocycles. The van der Waals surface area contributed by atoms with Gasteiger partial charge < -0.3 is 57.9 Å². The molecule has 5 aliphatic heterocycles. The SMILES string of the molecule is COCCCn1c(Cl)cc(Cl)cc1=O.COCCCn1c(N2CC[C@@H](C)[C@@H]2Cc2ccccc2)cc(Cl)cc1=O.COCCCn1c(N2CC[C@@H](C)[C@@H]2Cc2ccccc2)cc(N2CCOCC2)cc1=O.COCCCn1c(N2CC[C@H](C)[C@H]2Cc2ccccc2)cc(N2CCOCC2)cc1=O.O=c1cc(Cl)cc(Cl)[nH]1. The van der Waals surface area contributed by atoms with Crippen LogP contribution < -0.4 is 52.3 Å². The fourth-order valence-corrected chi connectivity index (χ4v) is 16.4. The topological polar surface area (TPSA) is 192 Å². The number of ether oxygens (including phenoxy) is 6. The van der Waals surface area contributed by atoms with Crippen LogP contribution in [0.5, 0.6) is 0 Å². The summed E-state index contributed by atoms with van der Waals surface area (Å²) in [5, 5.41) is 1.84. The summed E-state index contributed by atoms with van der Waals surface area (Å²) >= 11 is 28.6. The van der Waals surface area contributed by atoms with Gasteiger partial charge in [-0.3, -0.25) is 42.2 Å². The van der Waals surface area contributed by atoms with Crippen LogP contribution in [0.2, 0.25) is 25.4 Å². The minimum Gasteiger partial charge on any atom is -0.385 e. The molecule has 8 aromatic rings. The predicted octanol–water partition coefficient (Wildman–Crippen LogP) is 14.2. The van der Waals surface area contributed by atoms with Crippen LogP contribution in [0.15, 0.2) is 176 Å². The summed E-state index contributed by atoms with van der Waals surface area (Å²) in [6.07, 6.45) is 9.58. The van der Waals surface area contributed by atoms with Gasteiger partial charge in [-0.05, 0) is 117 Å². The van der Waals surface area contributed by atoms with E-state index in [1.165, 1.54) is 45.5 Å². The summed E-state index contributed by atoms with van der Waals surface area (Å²) in [5.74, 6) is 4.76. The molecule has 5 aromatic heterocycles. The van der Waals surface area contributed by atoms with Gasteiger partial charge >= 0.3 is 0 Å². The van der Waals surface area contributed by atoms with Crippen molar-refractivity contribution in [3.8, 4) is 0 Å². The molecule has 602 valence electrons. The Hall–Kier alpha value is -7.38. The van der Waals surface area contributed by atoms with Gasteiger partial charge in [-0.1, -0.05) is 170 Å². The van der Waals surface area contributed by atoms with E-state index in [1.54, 1.807) is 46.6 Å². The zero-order valence-electron chi connectivity index (χ0n) is 65.3. The number of nitrogens with zero attached hydrogens (tertiary/aromatic N) is 9. The summed E-state index contributed by atoms with van der Waals surface area (Å²) in [6.45, 7) is 21.1. The van der Waals surface area contributed by atoms with Gasteiger partial charge in [0.1, 0.15) is 27.8 Å². The van der Waals surface area contributed by atoms with Crippen LogP contribution in [0.25, 0.3) is 0 Å². The highest BCUT2D eigenvalue weighted by Crippen LogP contribution is 2.37. The molecule has 10 heterocycles. The van der Waals surface area contributed by atoms with Crippen molar-refractivity contribution < 1.29 is 28.4 Å². The third-order valence-corrected chi connectivity index (χ3v) is 22.3. The van der Waals surface area contributed by atoms with Crippen molar-refractivity contribution in [3.05, 3.63) is 245 Å². The van der Waals surface area contributed by atoms with Crippen molar-refractivity contribution in [2.24, 2.45) is 17.8 Å². The first-order valence-electron chi connectivity index (χ1n) is 38.8. The third kappa shape index (κ3) is 26.1. The average molecular weight is 1630 g/mol. The molecule has 13 rings (SSSR count). The molecule has 0 amide bonds. The van der Waals surface area contributed by atoms with E-state index in [2.05, 4.69) is 147 Å². The first-order valence-corrected chi connectivity index (χ1v) is 40.7. The molecule has 0 radical (unpaired) electrons. The number of pyridine rings is 5. The molecule has 5 fully saturated rings. The van der Waals surface area contributed by atoms with Crippen molar-refractivity contribution in [3.63, 3.8) is 0 Å². The lowest BCUT2D eigenvalue weighted by atomic mass is 9.96. The first kappa shape index (κ1) is 87.6. The Morgan fingerprint density at radius 2 is 0.694 bits per heavy atom. The molecule has 0 bridgehead atoms. The summed E-state index contributed by atoms with van der Waals surface area (Å²) < 4.78 is 38.8. The van der Waals surface area contributed by atoms with Crippen molar-refractivity contribution >= 4 is 86.8 Å². The van der Waals surface area contributed by atoms with Gasteiger partial charge in [0, 0.05) is 214 Å². The van der Waals surface area contributed by atoms with E-state index in [1.807, 2.05) is 25.8 Å². The summed E-state index contributed by atoms with van der Waals surface area (Å²) in [5.41, 5.74) is 5.71. The van der Waals surface area contributed by atoms with Crippen LogP contribution in [0, 0.1) is 17.8 Å². The second kappa shape index (κ2) is 45.5. The Labute approximate surface area is 678 Å². The van der Waals surface area contributed by atoms with Crippen molar-refractivity contribution in [2.45, 2.75) is 129 Å². The predicted molar refractivity (Wildman–Crippen MR) is 452 cm³/mol. The molecule has 0 aliphatic carbocycles. The van der Waals surface area contributed by atoms with Gasteiger partial charge in [-0.2, -0.15) is 0 Å². The Kier molecular flexibility index (Phi) is 35.9. The molecule has 0 saturated carbocycles. The zero-order valence-corrected chi connectivity index (χ0v) is 69.1. The first-order chi connectivity index (χ1) is 53.8. The van der Waals surface area contributed by atoms with E-state index in [9.17, 15) is 24.0 Å². The number of H-pyrrole nitrogens is 1. The number of hydrogen-bond donors (Lipinski definition) is 1. The Morgan fingerprint density at radius 3 is 1.03 bits per heavy atom. The highest BCUT2D eigenvalue weighted by Gasteiger charge is 2.37. The minimum atomic E-state index is -0.285. The van der Waals surface area contributed by atoms with Crippen molar-refractivity contribution in [2.75, 3.05) is 152 Å². The standard InChI is InChI=1S/2C25H35N3O3.C21H27ClN2O2.C9H11Cl2NO2.C5H3Cl2NO/c2*1-20-9-11-27(23(20)17-21-7-4-3-5-8-21)24-18-22(26-12-15-31-16-13-26)19-25(29)28(24)10-6-14-30-2;1-16-9-11-23(19(16)13-17-7-4-3-5-8-17)20-14-18(22)15-21(25)24(20)10-6-12-26-2;1-14-4-2-3-12-8(11)5-7(10)6-9(12)13;6-3-1-4(7)8-5(9)2-3/h2*3-5,7-8,18-20,23H,6,9-17H2,1-2H3;3-5,7-8,14-16,19H,6,9-13H2,1-2H3;5-6H,2-4H2,1H3;1-2H,(H,8,9)/t2*20-,23+;16-,19+;;/m101../s1. The van der Waals surface area contributed by atoms with Gasteiger partial charge in [-0.25, -0.2) is 0 Å². The fourth-order valence-electron chi connectivity index (χ4n) is 15.2. The lowest BCUT2D eigenvalue weighted by Crippen LogP contribution is -2.40. The maximum Gasteiger partial charge on any atom is 0.254 e. The van der Waals surface area contributed by atoms with Gasteiger partial charge in [-0.15, -0.1) is 0 Å². The Morgan fingerprint density at radius 1 is 0.378 bits per heavy atom. The number of aromatic amines is 1. The largest absolute Gasteiger partial charge is 0.385 e. The van der Waals surface area contributed by atoms with Crippen LogP contribution >= 0.6 is 58.0 Å². The van der Waals surface area contributed by atoms with Crippen LogP contribution in [0.1, 0.15) is 82.4 Å². The number of methoxy groups -OCH3 is 4. The Bertz CT molecular complexity index is 4270. The molecule has 21 nitrogen and oxygen atoms in total. The van der Waals surface area contributed by atoms with Crippen LogP contribution in [0.4, 0.5) is 28.8 Å². The molecule has 0 spiro atoms. The zero-order chi connectivity index (χ0) is 79.2. The van der Waals surface area contributed by atoms with E-state index >= 15 is 0 Å². The van der Waals surface area contributed by atoms with E-state index < -0.39 is 0 Å². The minimum absolute atomic E-state index is 0.0402. The quantitative estimate of drug-likeness (QED) is 0.0377. The van der Waals surface area contributed by atoms with Gasteiger partial charge in [0.25, 0.3) is 27.8 Å². The van der Waals surface area contributed by atoms with Crippen molar-refractivity contribution in [1.82, 2.24) is 23.3 Å². The van der Waals surface area contributed by atoms with E-state index in [4.69, 9.17) is 86.4 Å². The smallest absolute Gasteiger partial charge is 0.254 e. The number of aromatic nitrogens is 5. The fraction of sp³-hybridized carbons (Fsp3) is 0.494. The molecule has 5 saturated heterocycles. The molecular weight excluding hydrogens is 1510 g/mol. The van der Waals surface area contributed by atoms with E-state index in [0.29, 0.717) is 135 Å². The maximum atomic E-state index is 13.2. The maximum absolute atomic E-state index is 13.2. The van der Waals surface area contributed by atoms with E-state index in [-0.39, 0.29) is 32.9 Å². The van der Waals surface area contributed by atoms with Crippen LogP contribution in [0.3, 0.4) is 0 Å². The number of rotatable bonds is 27. The van der Waals surface area contributed by atoms with E-state index in [0.717, 1.165) is 139 Å². The molecule has 111 heavy (non-hydrogen) atoms.